The first-order valence-electron chi connectivity index (χ1n) is 7.74. The average molecular weight is 341 g/mol. The molecule has 0 unspecified atom stereocenters. The topological polar surface area (TPSA) is 0 Å². The molecule has 0 fully saturated rings. The summed E-state index contributed by atoms with van der Waals surface area (Å²) in [5.41, 5.74) is -0.111. The van der Waals surface area contributed by atoms with Crippen molar-refractivity contribution >= 4 is 22.7 Å². The minimum Gasteiger partial charge on any atom is -0.200 e. The lowest BCUT2D eigenvalue weighted by atomic mass is 9.72. The molecule has 2 aromatic heterocycles. The van der Waals surface area contributed by atoms with Gasteiger partial charge < -0.3 is 0 Å². The molecule has 4 heteroatoms. The zero-order valence-corrected chi connectivity index (χ0v) is 15.5. The molecule has 3 rings (SSSR count). The van der Waals surface area contributed by atoms with Gasteiger partial charge >= 0.3 is 0 Å². The monoisotopic (exact) mass is 340 g/mol. The Labute approximate surface area is 139 Å². The van der Waals surface area contributed by atoms with Crippen molar-refractivity contribution in [2.24, 2.45) is 0 Å². The second-order valence-electron chi connectivity index (χ2n) is 7.29. The lowest BCUT2D eigenvalue weighted by Gasteiger charge is -2.38. The summed E-state index contributed by atoms with van der Waals surface area (Å²) in [7, 11) is 0. The molecule has 120 valence electrons. The van der Waals surface area contributed by atoms with Crippen molar-refractivity contribution in [1.82, 2.24) is 0 Å². The molecule has 0 radical (unpaired) electrons. The maximum absolute atomic E-state index is 15.2. The summed E-state index contributed by atoms with van der Waals surface area (Å²) in [5.74, 6) is -2.18. The number of fused-ring (bicyclic) bond motifs is 3. The second kappa shape index (κ2) is 4.88. The Hall–Kier alpha value is -0.740. The predicted molar refractivity (Wildman–Crippen MR) is 92.7 cm³/mol. The first kappa shape index (κ1) is 16.1. The van der Waals surface area contributed by atoms with Crippen LogP contribution in [0.2, 0.25) is 0 Å². The average Bonchev–Trinajstić information content (AvgIpc) is 3.01. The van der Waals surface area contributed by atoms with Crippen molar-refractivity contribution in [3.8, 4) is 9.75 Å². The standard InChI is InChI=1S/C18H22F2S2/c1-9(2)13-7-11-15(21-13)16-12(8-14(22-16)10(3)4)18(19,20)17(11,5)6/h7-10H,1-6H3. The summed E-state index contributed by atoms with van der Waals surface area (Å²) in [6, 6.07) is 3.75. The van der Waals surface area contributed by atoms with Crippen LogP contribution in [0.4, 0.5) is 8.78 Å². The normalized spacial score (nSPS) is 18.6. The largest absolute Gasteiger partial charge is 0.283 e. The molecule has 2 heterocycles. The van der Waals surface area contributed by atoms with Crippen LogP contribution in [0, 0.1) is 0 Å². The summed E-state index contributed by atoms with van der Waals surface area (Å²) in [4.78, 5) is 4.10. The molecule has 0 saturated heterocycles. The molecule has 0 aromatic carbocycles. The van der Waals surface area contributed by atoms with Crippen LogP contribution in [0.5, 0.6) is 0 Å². The highest BCUT2D eigenvalue weighted by Crippen LogP contribution is 2.60. The van der Waals surface area contributed by atoms with Gasteiger partial charge in [0, 0.05) is 20.2 Å². The Morgan fingerprint density at radius 2 is 1.23 bits per heavy atom. The van der Waals surface area contributed by atoms with E-state index in [1.807, 2.05) is 6.07 Å². The van der Waals surface area contributed by atoms with Crippen molar-refractivity contribution in [1.29, 1.82) is 0 Å². The Morgan fingerprint density at radius 1 is 0.818 bits per heavy atom. The molecular weight excluding hydrogens is 318 g/mol. The van der Waals surface area contributed by atoms with Crippen LogP contribution >= 0.6 is 22.7 Å². The van der Waals surface area contributed by atoms with E-state index in [4.69, 9.17) is 0 Å². The molecular formula is C18H22F2S2. The fourth-order valence-corrected chi connectivity index (χ4v) is 5.60. The number of alkyl halides is 2. The third kappa shape index (κ3) is 2.03. The highest BCUT2D eigenvalue weighted by molar-refractivity contribution is 7.22. The van der Waals surface area contributed by atoms with Crippen molar-refractivity contribution in [2.45, 2.75) is 64.7 Å². The van der Waals surface area contributed by atoms with Gasteiger partial charge in [-0.3, -0.25) is 0 Å². The summed E-state index contributed by atoms with van der Waals surface area (Å²) < 4.78 is 30.3. The van der Waals surface area contributed by atoms with Crippen molar-refractivity contribution < 1.29 is 8.78 Å². The van der Waals surface area contributed by atoms with Crippen LogP contribution in [-0.4, -0.2) is 0 Å². The molecule has 0 nitrogen and oxygen atoms in total. The van der Waals surface area contributed by atoms with Gasteiger partial charge in [-0.15, -0.1) is 22.7 Å². The van der Waals surface area contributed by atoms with E-state index in [0.717, 1.165) is 20.2 Å². The van der Waals surface area contributed by atoms with E-state index >= 15 is 8.78 Å². The summed E-state index contributed by atoms with van der Waals surface area (Å²) >= 11 is 3.24. The number of halogens is 2. The van der Waals surface area contributed by atoms with E-state index in [9.17, 15) is 0 Å². The molecule has 1 aliphatic carbocycles. The molecule has 2 aromatic rings. The smallest absolute Gasteiger partial charge is 0.200 e. The van der Waals surface area contributed by atoms with Crippen molar-refractivity contribution in [3.05, 3.63) is 33.0 Å². The van der Waals surface area contributed by atoms with Gasteiger partial charge in [-0.05, 0) is 43.4 Å². The first-order chi connectivity index (χ1) is 10.1. The zero-order valence-electron chi connectivity index (χ0n) is 13.9. The first-order valence-corrected chi connectivity index (χ1v) is 9.37. The lowest BCUT2D eigenvalue weighted by Crippen LogP contribution is -2.40. The van der Waals surface area contributed by atoms with E-state index in [1.54, 1.807) is 42.6 Å². The summed E-state index contributed by atoms with van der Waals surface area (Å²) in [5, 5.41) is 0. The van der Waals surface area contributed by atoms with Gasteiger partial charge in [-0.1, -0.05) is 27.7 Å². The highest BCUT2D eigenvalue weighted by atomic mass is 32.1. The number of thiophene rings is 2. The Kier molecular flexibility index (Phi) is 3.57. The Balaban J connectivity index is 2.32. The number of hydrogen-bond donors (Lipinski definition) is 0. The van der Waals surface area contributed by atoms with Crippen molar-refractivity contribution in [3.63, 3.8) is 0 Å². The Bertz CT molecular complexity index is 655. The zero-order chi connectivity index (χ0) is 16.4. The minimum atomic E-state index is -2.83. The molecule has 0 N–H and O–H groups in total. The van der Waals surface area contributed by atoms with Crippen LogP contribution in [0.3, 0.4) is 0 Å². The molecule has 0 saturated carbocycles. The predicted octanol–water partition coefficient (Wildman–Crippen LogP) is 7.11. The maximum atomic E-state index is 15.2. The van der Waals surface area contributed by atoms with Crippen molar-refractivity contribution in [2.75, 3.05) is 0 Å². The highest BCUT2D eigenvalue weighted by Gasteiger charge is 2.55. The number of rotatable bonds is 2. The van der Waals surface area contributed by atoms with Crippen LogP contribution in [-0.2, 0) is 11.3 Å². The van der Waals surface area contributed by atoms with E-state index in [-0.39, 0.29) is 11.5 Å². The molecule has 0 amide bonds. The molecule has 0 spiro atoms. The van der Waals surface area contributed by atoms with Gasteiger partial charge in [0.25, 0.3) is 5.92 Å². The third-order valence-electron chi connectivity index (χ3n) is 4.64. The fourth-order valence-electron chi connectivity index (χ4n) is 2.93. The van der Waals surface area contributed by atoms with Gasteiger partial charge in [-0.25, -0.2) is 8.78 Å². The SMILES string of the molecule is CC(C)c1cc2c(s1)-c1sc(C(C)C)cc1C(F)(F)C2(C)C. The van der Waals surface area contributed by atoms with Crippen LogP contribution < -0.4 is 0 Å². The molecule has 22 heavy (non-hydrogen) atoms. The molecule has 0 aliphatic heterocycles. The van der Waals surface area contributed by atoms with E-state index in [0.29, 0.717) is 5.92 Å². The van der Waals surface area contributed by atoms with E-state index < -0.39 is 11.3 Å². The van der Waals surface area contributed by atoms with Crippen LogP contribution in [0.1, 0.15) is 74.3 Å². The van der Waals surface area contributed by atoms with Crippen LogP contribution in [0.15, 0.2) is 12.1 Å². The maximum Gasteiger partial charge on any atom is 0.283 e. The minimum absolute atomic E-state index is 0.232. The number of hydrogen-bond acceptors (Lipinski definition) is 2. The van der Waals surface area contributed by atoms with Gasteiger partial charge in [0.15, 0.2) is 0 Å². The van der Waals surface area contributed by atoms with Gasteiger partial charge in [0.1, 0.15) is 0 Å². The van der Waals surface area contributed by atoms with E-state index in [2.05, 4.69) is 27.7 Å². The molecule has 1 aliphatic rings. The molecule has 0 atom stereocenters. The Morgan fingerprint density at radius 3 is 1.68 bits per heavy atom. The second-order valence-corrected chi connectivity index (χ2v) is 9.46. The van der Waals surface area contributed by atoms with Gasteiger partial charge in [-0.2, -0.15) is 0 Å². The fraction of sp³-hybridized carbons (Fsp3) is 0.556. The van der Waals surface area contributed by atoms with Gasteiger partial charge in [0.2, 0.25) is 0 Å². The lowest BCUT2D eigenvalue weighted by molar-refractivity contribution is -0.0733. The van der Waals surface area contributed by atoms with Gasteiger partial charge in [0.05, 0.1) is 10.3 Å². The summed E-state index contributed by atoms with van der Waals surface area (Å²) in [6.07, 6.45) is 0. The molecule has 0 bridgehead atoms. The summed E-state index contributed by atoms with van der Waals surface area (Å²) in [6.45, 7) is 11.7. The van der Waals surface area contributed by atoms with E-state index in [1.165, 1.54) is 4.88 Å². The third-order valence-corrected chi connectivity index (χ3v) is 7.68. The van der Waals surface area contributed by atoms with Crippen LogP contribution in [0.25, 0.3) is 9.75 Å². The quantitative estimate of drug-likeness (QED) is 0.546.